The van der Waals surface area contributed by atoms with Crippen LogP contribution in [0.25, 0.3) is 22.3 Å². The molecule has 6 rings (SSSR count). The Balaban J connectivity index is 0.000000161. The molecule has 0 aliphatic carbocycles. The summed E-state index contributed by atoms with van der Waals surface area (Å²) in [5, 5.41) is 9.03. The molecule has 4 aromatic rings. The average molecular weight is 557 g/mol. The van der Waals surface area contributed by atoms with Gasteiger partial charge in [-0.1, -0.05) is 6.92 Å². The molecular weight excluding hydrogens is 520 g/mol. The van der Waals surface area contributed by atoms with Gasteiger partial charge in [-0.15, -0.1) is 0 Å². The van der Waals surface area contributed by atoms with Gasteiger partial charge in [0.15, 0.2) is 46.5 Å². The van der Waals surface area contributed by atoms with Crippen molar-refractivity contribution in [1.82, 2.24) is 39.0 Å². The predicted octanol–water partition coefficient (Wildman–Crippen LogP) is 0.670. The third-order valence-corrected chi connectivity index (χ3v) is 6.59. The zero-order valence-electron chi connectivity index (χ0n) is 23.4. The first-order chi connectivity index (χ1) is 19.4. The molecule has 0 radical (unpaired) electrons. The number of aromatic nitrogens is 8. The molecule has 4 aromatic heterocycles. The number of anilines is 2. The van der Waals surface area contributed by atoms with E-state index in [1.165, 1.54) is 6.33 Å². The van der Waals surface area contributed by atoms with Crippen LogP contribution >= 0.6 is 0 Å². The quantitative estimate of drug-likeness (QED) is 0.324. The minimum absolute atomic E-state index is 0.0336. The number of aliphatic hydroxyl groups is 1. The van der Waals surface area contributed by atoms with Gasteiger partial charge in [0.25, 0.3) is 0 Å². The highest BCUT2D eigenvalue weighted by atomic mass is 16.7. The number of ether oxygens (including phenoxy) is 4. The van der Waals surface area contributed by atoms with Crippen molar-refractivity contribution < 1.29 is 24.1 Å². The molecule has 0 bridgehead atoms. The van der Waals surface area contributed by atoms with E-state index in [4.69, 9.17) is 24.1 Å². The van der Waals surface area contributed by atoms with E-state index in [-0.39, 0.29) is 31.4 Å². The fraction of sp³-hybridized carbons (Fsp3) is 0.600. The van der Waals surface area contributed by atoms with Crippen molar-refractivity contribution in [3.8, 4) is 0 Å². The lowest BCUT2D eigenvalue weighted by atomic mass is 10.3. The number of aliphatic hydroxyl groups excluding tert-OH is 1. The van der Waals surface area contributed by atoms with Gasteiger partial charge in [-0.25, -0.2) is 29.9 Å². The smallest absolute Gasteiger partial charge is 0.176 e. The van der Waals surface area contributed by atoms with Gasteiger partial charge >= 0.3 is 0 Å². The largest absolute Gasteiger partial charge is 0.394 e. The third-order valence-electron chi connectivity index (χ3n) is 6.59. The lowest BCUT2D eigenvalue weighted by Gasteiger charge is -2.13. The number of imidazole rings is 2. The zero-order valence-corrected chi connectivity index (χ0v) is 23.4. The average Bonchev–Trinajstić information content (AvgIpc) is 3.76. The van der Waals surface area contributed by atoms with E-state index in [1.54, 1.807) is 19.0 Å². The molecule has 2 fully saturated rings. The summed E-state index contributed by atoms with van der Waals surface area (Å²) in [6, 6.07) is 0. The number of fused-ring (bicyclic) bond motifs is 2. The first-order valence-corrected chi connectivity index (χ1v) is 13.2. The van der Waals surface area contributed by atoms with E-state index >= 15 is 0 Å². The van der Waals surface area contributed by atoms with Gasteiger partial charge in [-0.3, -0.25) is 0 Å². The van der Waals surface area contributed by atoms with Gasteiger partial charge in [0.1, 0.15) is 18.8 Å². The third kappa shape index (κ3) is 5.97. The normalized spacial score (nSPS) is 22.6. The van der Waals surface area contributed by atoms with Gasteiger partial charge in [0, 0.05) is 28.2 Å². The summed E-state index contributed by atoms with van der Waals surface area (Å²) in [6.07, 6.45) is 6.84. The minimum Gasteiger partial charge on any atom is -0.394 e. The van der Waals surface area contributed by atoms with Crippen LogP contribution in [0, 0.1) is 0 Å². The molecule has 2 aliphatic heterocycles. The van der Waals surface area contributed by atoms with Crippen LogP contribution in [-0.2, 0) is 32.0 Å². The van der Waals surface area contributed by atoms with Crippen LogP contribution < -0.4 is 9.80 Å². The number of rotatable bonds is 8. The first-order valence-electron chi connectivity index (χ1n) is 13.2. The Bertz CT molecular complexity index is 1300. The summed E-state index contributed by atoms with van der Waals surface area (Å²) < 4.78 is 26.2. The summed E-state index contributed by atoms with van der Waals surface area (Å²) in [7, 11) is 7.71. The van der Waals surface area contributed by atoms with E-state index in [0.717, 1.165) is 40.4 Å². The SMILES string of the molecule is CCC1COC(Cn2cnc3c(N(C)C)ncnc32)O1.CN(C)c1ncnc2c1ncn2CC1OCC(CO)O1. The zero-order chi connectivity index (χ0) is 28.2. The molecule has 0 amide bonds. The Labute approximate surface area is 231 Å². The highest BCUT2D eigenvalue weighted by Crippen LogP contribution is 2.23. The van der Waals surface area contributed by atoms with Crippen molar-refractivity contribution in [1.29, 1.82) is 0 Å². The Hall–Kier alpha value is -3.50. The van der Waals surface area contributed by atoms with Gasteiger partial charge in [-0.2, -0.15) is 0 Å². The van der Waals surface area contributed by atoms with Gasteiger partial charge in [-0.05, 0) is 6.42 Å². The number of hydrogen-bond acceptors (Lipinski definition) is 13. The number of nitrogens with zero attached hydrogens (tertiary/aromatic N) is 10. The molecule has 40 heavy (non-hydrogen) atoms. The monoisotopic (exact) mass is 556 g/mol. The molecule has 4 atom stereocenters. The first kappa shape index (κ1) is 28.0. The van der Waals surface area contributed by atoms with Crippen LogP contribution in [0.4, 0.5) is 11.6 Å². The topological polar surface area (TPSA) is 151 Å². The van der Waals surface area contributed by atoms with Gasteiger partial charge in [0.05, 0.1) is 51.7 Å². The predicted molar refractivity (Wildman–Crippen MR) is 146 cm³/mol. The Morgan fingerprint density at radius 2 is 1.23 bits per heavy atom. The maximum atomic E-state index is 9.03. The van der Waals surface area contributed by atoms with Gasteiger partial charge < -0.3 is 43.0 Å². The van der Waals surface area contributed by atoms with Crippen LogP contribution in [-0.4, -0.2) is 117 Å². The highest BCUT2D eigenvalue weighted by Gasteiger charge is 2.27. The van der Waals surface area contributed by atoms with Crippen molar-refractivity contribution in [2.24, 2.45) is 0 Å². The molecule has 6 heterocycles. The second-order valence-corrected chi connectivity index (χ2v) is 9.95. The van der Waals surface area contributed by atoms with Crippen LogP contribution in [0.2, 0.25) is 0 Å². The maximum absolute atomic E-state index is 9.03. The second-order valence-electron chi connectivity index (χ2n) is 9.95. The van der Waals surface area contributed by atoms with Crippen LogP contribution in [0.15, 0.2) is 25.3 Å². The summed E-state index contributed by atoms with van der Waals surface area (Å²) >= 11 is 0. The van der Waals surface area contributed by atoms with Crippen molar-refractivity contribution in [2.45, 2.75) is 51.2 Å². The molecule has 216 valence electrons. The van der Waals surface area contributed by atoms with E-state index in [0.29, 0.717) is 26.3 Å². The van der Waals surface area contributed by atoms with E-state index < -0.39 is 0 Å². The van der Waals surface area contributed by atoms with Crippen molar-refractivity contribution in [3.63, 3.8) is 0 Å². The Morgan fingerprint density at radius 1 is 0.750 bits per heavy atom. The molecule has 15 heteroatoms. The molecular formula is C25H36N10O5. The molecule has 4 unspecified atom stereocenters. The van der Waals surface area contributed by atoms with E-state index in [2.05, 4.69) is 36.8 Å². The summed E-state index contributed by atoms with van der Waals surface area (Å²) in [4.78, 5) is 29.6. The van der Waals surface area contributed by atoms with Crippen LogP contribution in [0.1, 0.15) is 13.3 Å². The molecule has 2 saturated heterocycles. The standard InChI is InChI=1S/C13H19N5O2.C12H17N5O3/c1-4-9-6-19-10(20-9)5-18-8-16-11-12(17(2)3)14-7-15-13(11)18;1-16(2)11-10-12(14-6-13-11)17(7-15-10)3-9-19-5-8(4-18)20-9/h7-10H,4-6H2,1-3H3;6-9,18H,3-5H2,1-2H3. The lowest BCUT2D eigenvalue weighted by Crippen LogP contribution is -2.20. The number of hydrogen-bond donors (Lipinski definition) is 1. The fourth-order valence-electron chi connectivity index (χ4n) is 4.50. The summed E-state index contributed by atoms with van der Waals surface area (Å²) in [5.74, 6) is 1.59. The van der Waals surface area contributed by atoms with Crippen LogP contribution in [0.3, 0.4) is 0 Å². The fourth-order valence-corrected chi connectivity index (χ4v) is 4.50. The molecule has 0 spiro atoms. The lowest BCUT2D eigenvalue weighted by molar-refractivity contribution is -0.0736. The van der Waals surface area contributed by atoms with Crippen molar-refractivity contribution >= 4 is 34.0 Å². The molecule has 0 aromatic carbocycles. The summed E-state index contributed by atoms with van der Waals surface area (Å²) in [5.41, 5.74) is 3.08. The van der Waals surface area contributed by atoms with Gasteiger partial charge in [0.2, 0.25) is 0 Å². The molecule has 15 nitrogen and oxygen atoms in total. The Kier molecular flexibility index (Phi) is 8.66. The maximum Gasteiger partial charge on any atom is 0.176 e. The molecule has 1 N–H and O–H groups in total. The highest BCUT2D eigenvalue weighted by molar-refractivity contribution is 5.83. The molecule has 2 aliphatic rings. The van der Waals surface area contributed by atoms with Crippen molar-refractivity contribution in [2.75, 3.05) is 57.8 Å². The van der Waals surface area contributed by atoms with Crippen molar-refractivity contribution in [3.05, 3.63) is 25.3 Å². The van der Waals surface area contributed by atoms with Crippen LogP contribution in [0.5, 0.6) is 0 Å². The Morgan fingerprint density at radius 3 is 1.62 bits per heavy atom. The molecule has 0 saturated carbocycles. The second kappa shape index (κ2) is 12.3. The minimum atomic E-state index is -0.387. The van der Waals surface area contributed by atoms with E-state index in [1.807, 2.05) is 47.1 Å². The summed E-state index contributed by atoms with van der Waals surface area (Å²) in [6.45, 7) is 4.21. The van der Waals surface area contributed by atoms with E-state index in [9.17, 15) is 0 Å².